The summed E-state index contributed by atoms with van der Waals surface area (Å²) in [7, 11) is -4.23. The molecule has 0 aliphatic heterocycles. The summed E-state index contributed by atoms with van der Waals surface area (Å²) in [6, 6.07) is 6.06. The zero-order valence-corrected chi connectivity index (χ0v) is 13.6. The van der Waals surface area contributed by atoms with Gasteiger partial charge >= 0.3 is 6.36 Å². The highest BCUT2D eigenvalue weighted by Crippen LogP contribution is 2.29. The van der Waals surface area contributed by atoms with E-state index in [0.717, 1.165) is 12.1 Å². The maximum absolute atomic E-state index is 12.4. The quantitative estimate of drug-likeness (QED) is 0.851. The maximum atomic E-state index is 12.4. The van der Waals surface area contributed by atoms with Crippen LogP contribution in [0, 0.1) is 0 Å². The number of nitrogens with zero attached hydrogens (tertiary/aromatic N) is 1. The highest BCUT2D eigenvalue weighted by molar-refractivity contribution is 7.89. The highest BCUT2D eigenvalue weighted by atomic mass is 32.2. The molecule has 1 N–H and O–H groups in total. The van der Waals surface area contributed by atoms with Gasteiger partial charge in [0.15, 0.2) is 0 Å². The number of sulfonamides is 1. The zero-order chi connectivity index (χ0) is 18.0. The van der Waals surface area contributed by atoms with Crippen molar-refractivity contribution in [3.8, 4) is 5.75 Å². The summed E-state index contributed by atoms with van der Waals surface area (Å²) in [4.78, 5) is -0.616. The molecule has 0 bridgehead atoms. The first-order valence-corrected chi connectivity index (χ1v) is 8.37. The first-order valence-electron chi connectivity index (χ1n) is 6.88. The van der Waals surface area contributed by atoms with Gasteiger partial charge in [-0.05, 0) is 12.1 Å². The summed E-state index contributed by atoms with van der Waals surface area (Å²) < 4.78 is 72.6. The molecule has 0 unspecified atom stereocenters. The second kappa shape index (κ2) is 6.81. The van der Waals surface area contributed by atoms with Gasteiger partial charge in [0.1, 0.15) is 16.4 Å². The number of hydrogen-bond acceptors (Lipinski definition) is 5. The molecule has 0 amide bonds. The molecule has 0 saturated heterocycles. The van der Waals surface area contributed by atoms with Gasteiger partial charge in [-0.1, -0.05) is 31.1 Å². The molecule has 24 heavy (non-hydrogen) atoms. The van der Waals surface area contributed by atoms with Crippen LogP contribution in [0.1, 0.15) is 31.2 Å². The largest absolute Gasteiger partial charge is 0.573 e. The van der Waals surface area contributed by atoms with Crippen molar-refractivity contribution in [3.05, 3.63) is 41.8 Å². The number of nitrogens with one attached hydrogen (secondary N) is 1. The van der Waals surface area contributed by atoms with E-state index in [-0.39, 0.29) is 12.5 Å². The molecule has 0 aliphatic rings. The number of alkyl halides is 3. The lowest BCUT2D eigenvalue weighted by atomic mass is 10.1. The van der Waals surface area contributed by atoms with Crippen LogP contribution in [0.3, 0.4) is 0 Å². The van der Waals surface area contributed by atoms with Gasteiger partial charge in [-0.25, -0.2) is 13.1 Å². The third kappa shape index (κ3) is 4.71. The second-order valence-corrected chi connectivity index (χ2v) is 6.93. The number of rotatable bonds is 6. The number of hydrogen-bond donors (Lipinski definition) is 1. The average Bonchev–Trinajstić information content (AvgIpc) is 2.93. The van der Waals surface area contributed by atoms with Gasteiger partial charge in [0, 0.05) is 12.0 Å². The number of para-hydroxylation sites is 1. The molecule has 0 atom stereocenters. The Morgan fingerprint density at radius 1 is 1.29 bits per heavy atom. The predicted molar refractivity (Wildman–Crippen MR) is 77.7 cm³/mol. The van der Waals surface area contributed by atoms with E-state index in [1.165, 1.54) is 12.1 Å². The number of aromatic nitrogens is 1. The van der Waals surface area contributed by atoms with Crippen LogP contribution in [-0.4, -0.2) is 19.9 Å². The maximum Gasteiger partial charge on any atom is 0.573 e. The van der Waals surface area contributed by atoms with Crippen molar-refractivity contribution in [2.45, 2.75) is 37.6 Å². The van der Waals surface area contributed by atoms with Gasteiger partial charge in [-0.2, -0.15) is 0 Å². The van der Waals surface area contributed by atoms with Crippen LogP contribution in [0.25, 0.3) is 0 Å². The first kappa shape index (κ1) is 18.3. The molecule has 0 spiro atoms. The molecular weight excluding hydrogens is 349 g/mol. The summed E-state index contributed by atoms with van der Waals surface area (Å²) >= 11 is 0. The van der Waals surface area contributed by atoms with E-state index >= 15 is 0 Å². The minimum absolute atomic E-state index is 0.0729. The molecule has 0 aliphatic carbocycles. The molecule has 2 rings (SSSR count). The molecule has 2 aromatic rings. The minimum atomic E-state index is -5.00. The topological polar surface area (TPSA) is 81.4 Å². The Morgan fingerprint density at radius 2 is 1.96 bits per heavy atom. The Hall–Kier alpha value is -2.07. The molecule has 132 valence electrons. The van der Waals surface area contributed by atoms with E-state index in [2.05, 4.69) is 14.6 Å². The van der Waals surface area contributed by atoms with E-state index in [1.807, 2.05) is 13.8 Å². The third-order valence-corrected chi connectivity index (χ3v) is 4.39. The van der Waals surface area contributed by atoms with Gasteiger partial charge in [-0.15, -0.1) is 13.2 Å². The van der Waals surface area contributed by atoms with Gasteiger partial charge in [-0.3, -0.25) is 0 Å². The number of ether oxygens (including phenoxy) is 1. The summed E-state index contributed by atoms with van der Waals surface area (Å²) in [5.41, 5.74) is 0.316. The standard InChI is InChI=1S/C14H15F3N2O4S/c1-9(2)12-7-10(19-23-12)8-18-24(20,21)13-6-4-3-5-11(13)22-14(15,16)17/h3-7,9,18H,8H2,1-2H3. The first-order chi connectivity index (χ1) is 11.1. The van der Waals surface area contributed by atoms with Crippen molar-refractivity contribution < 1.29 is 30.8 Å². The predicted octanol–water partition coefficient (Wildman–Crippen LogP) is 3.18. The van der Waals surface area contributed by atoms with Crippen LogP contribution in [0.2, 0.25) is 0 Å². The van der Waals surface area contributed by atoms with Crippen LogP contribution in [0.15, 0.2) is 39.8 Å². The van der Waals surface area contributed by atoms with E-state index in [4.69, 9.17) is 4.52 Å². The van der Waals surface area contributed by atoms with Crippen molar-refractivity contribution in [2.75, 3.05) is 0 Å². The Labute approximate surface area is 136 Å². The monoisotopic (exact) mass is 364 g/mol. The normalized spacial score (nSPS) is 12.6. The summed E-state index contributed by atoms with van der Waals surface area (Å²) in [5.74, 6) is -0.158. The molecule has 1 aromatic heterocycles. The van der Waals surface area contributed by atoms with Crippen LogP contribution in [0.5, 0.6) is 5.75 Å². The Kier molecular flexibility index (Phi) is 5.19. The van der Waals surface area contributed by atoms with Crippen LogP contribution in [-0.2, 0) is 16.6 Å². The van der Waals surface area contributed by atoms with Crippen molar-refractivity contribution >= 4 is 10.0 Å². The van der Waals surface area contributed by atoms with Gasteiger partial charge in [0.25, 0.3) is 0 Å². The van der Waals surface area contributed by atoms with Crippen molar-refractivity contribution in [1.82, 2.24) is 9.88 Å². The molecule has 6 nitrogen and oxygen atoms in total. The van der Waals surface area contributed by atoms with Crippen molar-refractivity contribution in [2.24, 2.45) is 0 Å². The van der Waals surface area contributed by atoms with Crippen LogP contribution < -0.4 is 9.46 Å². The number of halogens is 3. The van der Waals surface area contributed by atoms with Crippen molar-refractivity contribution in [1.29, 1.82) is 0 Å². The molecule has 0 saturated carbocycles. The van der Waals surface area contributed by atoms with Crippen molar-refractivity contribution in [3.63, 3.8) is 0 Å². The molecule has 1 aromatic carbocycles. The molecule has 0 fully saturated rings. The summed E-state index contributed by atoms with van der Waals surface area (Å²) in [6.45, 7) is 3.53. The van der Waals surface area contributed by atoms with Gasteiger partial charge in [0.05, 0.1) is 12.2 Å². The smallest absolute Gasteiger partial charge is 0.404 e. The van der Waals surface area contributed by atoms with E-state index in [9.17, 15) is 21.6 Å². The number of benzene rings is 1. The lowest BCUT2D eigenvalue weighted by Gasteiger charge is -2.13. The van der Waals surface area contributed by atoms with Crippen LogP contribution >= 0.6 is 0 Å². The van der Waals surface area contributed by atoms with E-state index in [1.54, 1.807) is 6.07 Å². The molecule has 1 heterocycles. The summed E-state index contributed by atoms with van der Waals surface area (Å²) in [5, 5.41) is 3.70. The fraction of sp³-hybridized carbons (Fsp3) is 0.357. The SMILES string of the molecule is CC(C)c1cc(CNS(=O)(=O)c2ccccc2OC(F)(F)F)no1. The lowest BCUT2D eigenvalue weighted by Crippen LogP contribution is -2.25. The molecule has 0 radical (unpaired) electrons. The molecular formula is C14H15F3N2O4S. The lowest BCUT2D eigenvalue weighted by molar-refractivity contribution is -0.275. The third-order valence-electron chi connectivity index (χ3n) is 2.95. The zero-order valence-electron chi connectivity index (χ0n) is 12.8. The Balaban J connectivity index is 2.18. The fourth-order valence-electron chi connectivity index (χ4n) is 1.81. The average molecular weight is 364 g/mol. The Morgan fingerprint density at radius 3 is 2.54 bits per heavy atom. The van der Waals surface area contributed by atoms with Gasteiger partial charge in [0.2, 0.25) is 10.0 Å². The van der Waals surface area contributed by atoms with E-state index < -0.39 is 27.0 Å². The summed E-state index contributed by atoms with van der Waals surface area (Å²) in [6.07, 6.45) is -5.00. The van der Waals surface area contributed by atoms with Gasteiger partial charge < -0.3 is 9.26 Å². The molecule has 10 heteroatoms. The van der Waals surface area contributed by atoms with Crippen LogP contribution in [0.4, 0.5) is 13.2 Å². The minimum Gasteiger partial charge on any atom is -0.404 e. The Bertz CT molecular complexity index is 800. The highest BCUT2D eigenvalue weighted by Gasteiger charge is 2.34. The fourth-order valence-corrected chi connectivity index (χ4v) is 2.94. The second-order valence-electron chi connectivity index (χ2n) is 5.19. The van der Waals surface area contributed by atoms with E-state index in [0.29, 0.717) is 11.5 Å².